The molecule has 2 rings (SSSR count). The molecule has 0 fully saturated rings. The van der Waals surface area contributed by atoms with Gasteiger partial charge < -0.3 is 10.1 Å². The maximum atomic E-state index is 11.3. The number of carboxylic acids is 1. The molecule has 0 aromatic carbocycles. The molecule has 0 aliphatic heterocycles. The first-order chi connectivity index (χ1) is 6.18. The zero-order chi connectivity index (χ0) is 9.42. The molecule has 2 aromatic rings. The van der Waals surface area contributed by atoms with Crippen molar-refractivity contribution in [1.29, 1.82) is 0 Å². The van der Waals surface area contributed by atoms with Crippen molar-refractivity contribution < 1.29 is 9.90 Å². The van der Waals surface area contributed by atoms with Gasteiger partial charge in [-0.2, -0.15) is 0 Å². The number of aromatic nitrogens is 1. The highest BCUT2D eigenvalue weighted by atomic mass is 32.1. The van der Waals surface area contributed by atoms with Crippen LogP contribution >= 0.6 is 11.3 Å². The Balaban J connectivity index is 2.85. The van der Waals surface area contributed by atoms with E-state index in [0.717, 1.165) is 6.07 Å². The van der Waals surface area contributed by atoms with Crippen LogP contribution in [0.2, 0.25) is 0 Å². The van der Waals surface area contributed by atoms with Crippen LogP contribution < -0.4 is 5.43 Å². The van der Waals surface area contributed by atoms with E-state index in [1.54, 1.807) is 11.4 Å². The summed E-state index contributed by atoms with van der Waals surface area (Å²) in [4.78, 5) is 24.5. The molecule has 0 atom stereocenters. The average molecular weight is 195 g/mol. The lowest BCUT2D eigenvalue weighted by molar-refractivity contribution is 0.0691. The predicted molar refractivity (Wildman–Crippen MR) is 49.4 cm³/mol. The van der Waals surface area contributed by atoms with Gasteiger partial charge in [0.15, 0.2) is 5.43 Å². The van der Waals surface area contributed by atoms with Gasteiger partial charge in [-0.3, -0.25) is 4.79 Å². The Kier molecular flexibility index (Phi) is 1.66. The number of hydrogen-bond acceptors (Lipinski definition) is 3. The van der Waals surface area contributed by atoms with Crippen molar-refractivity contribution in [2.24, 2.45) is 0 Å². The molecule has 2 N–H and O–H groups in total. The Bertz CT molecular complexity index is 525. The van der Waals surface area contributed by atoms with Gasteiger partial charge in [0.25, 0.3) is 0 Å². The summed E-state index contributed by atoms with van der Waals surface area (Å²) < 4.78 is 0.560. The number of rotatable bonds is 1. The lowest BCUT2D eigenvalue weighted by Crippen LogP contribution is -2.07. The minimum atomic E-state index is -1.12. The summed E-state index contributed by atoms with van der Waals surface area (Å²) >= 11 is 1.30. The van der Waals surface area contributed by atoms with Crippen LogP contribution in [-0.2, 0) is 0 Å². The number of thiophene rings is 1. The molecule has 0 amide bonds. The van der Waals surface area contributed by atoms with Crippen molar-refractivity contribution in [3.05, 3.63) is 33.4 Å². The van der Waals surface area contributed by atoms with Crippen LogP contribution in [-0.4, -0.2) is 16.1 Å². The average Bonchev–Trinajstić information content (AvgIpc) is 2.51. The first-order valence-corrected chi connectivity index (χ1v) is 4.40. The van der Waals surface area contributed by atoms with Gasteiger partial charge in [0, 0.05) is 6.07 Å². The smallest absolute Gasteiger partial charge is 0.352 e. The molecular formula is C8H5NO3S. The van der Waals surface area contributed by atoms with E-state index in [1.165, 1.54) is 11.3 Å². The molecule has 2 aromatic heterocycles. The Morgan fingerprint density at radius 1 is 1.54 bits per heavy atom. The number of hydrogen-bond donors (Lipinski definition) is 2. The van der Waals surface area contributed by atoms with Crippen LogP contribution in [0.1, 0.15) is 10.5 Å². The maximum absolute atomic E-state index is 11.3. The van der Waals surface area contributed by atoms with E-state index in [0.29, 0.717) is 10.2 Å². The van der Waals surface area contributed by atoms with E-state index in [-0.39, 0.29) is 11.1 Å². The number of carboxylic acid groups (broad SMARTS) is 1. The quantitative estimate of drug-likeness (QED) is 0.720. The Morgan fingerprint density at radius 2 is 2.31 bits per heavy atom. The van der Waals surface area contributed by atoms with Gasteiger partial charge in [-0.05, 0) is 11.4 Å². The zero-order valence-electron chi connectivity index (χ0n) is 6.40. The van der Waals surface area contributed by atoms with Gasteiger partial charge in [0.05, 0.1) is 10.2 Å². The van der Waals surface area contributed by atoms with Crippen LogP contribution in [0.25, 0.3) is 10.2 Å². The number of fused-ring (bicyclic) bond motifs is 1. The molecule has 4 nitrogen and oxygen atoms in total. The normalized spacial score (nSPS) is 10.5. The van der Waals surface area contributed by atoms with Crippen LogP contribution in [0, 0.1) is 0 Å². The van der Waals surface area contributed by atoms with E-state index in [2.05, 4.69) is 4.98 Å². The van der Waals surface area contributed by atoms with Gasteiger partial charge in [-0.25, -0.2) is 4.79 Å². The predicted octanol–water partition coefficient (Wildman–Crippen LogP) is 1.29. The lowest BCUT2D eigenvalue weighted by atomic mass is 10.3. The SMILES string of the molecule is O=C(O)c1cc(=O)c2sccc2[nH]1. The molecule has 0 unspecified atom stereocenters. The zero-order valence-corrected chi connectivity index (χ0v) is 7.22. The van der Waals surface area contributed by atoms with E-state index >= 15 is 0 Å². The van der Waals surface area contributed by atoms with E-state index in [9.17, 15) is 9.59 Å². The first-order valence-electron chi connectivity index (χ1n) is 3.52. The van der Waals surface area contributed by atoms with Gasteiger partial charge >= 0.3 is 5.97 Å². The topological polar surface area (TPSA) is 70.2 Å². The second-order valence-corrected chi connectivity index (χ2v) is 3.43. The fraction of sp³-hybridized carbons (Fsp3) is 0. The van der Waals surface area contributed by atoms with Crippen molar-refractivity contribution in [3.63, 3.8) is 0 Å². The lowest BCUT2D eigenvalue weighted by Gasteiger charge is -1.94. The number of carbonyl (C=O) groups is 1. The molecule has 0 saturated carbocycles. The van der Waals surface area contributed by atoms with E-state index in [1.807, 2.05) is 0 Å². The van der Waals surface area contributed by atoms with Gasteiger partial charge in [-0.15, -0.1) is 11.3 Å². The Morgan fingerprint density at radius 3 is 3.00 bits per heavy atom. The molecule has 5 heteroatoms. The fourth-order valence-electron chi connectivity index (χ4n) is 1.09. The summed E-state index contributed by atoms with van der Waals surface area (Å²) in [5.74, 6) is -1.12. The molecule has 0 radical (unpaired) electrons. The summed E-state index contributed by atoms with van der Waals surface area (Å²) in [6.45, 7) is 0. The minimum Gasteiger partial charge on any atom is -0.477 e. The van der Waals surface area contributed by atoms with Crippen molar-refractivity contribution >= 4 is 27.5 Å². The second-order valence-electron chi connectivity index (χ2n) is 2.52. The molecular weight excluding hydrogens is 190 g/mol. The molecule has 0 bridgehead atoms. The Hall–Kier alpha value is -1.62. The fourth-order valence-corrected chi connectivity index (χ4v) is 1.85. The van der Waals surface area contributed by atoms with Crippen molar-refractivity contribution in [2.45, 2.75) is 0 Å². The molecule has 0 saturated heterocycles. The standard InChI is InChI=1S/C8H5NO3S/c10-6-3-5(8(11)12)9-4-1-2-13-7(4)6/h1-3H,(H,9,10)(H,11,12). The summed E-state index contributed by atoms with van der Waals surface area (Å²) in [6.07, 6.45) is 0. The highest BCUT2D eigenvalue weighted by Gasteiger charge is 2.07. The molecule has 0 aliphatic rings. The summed E-state index contributed by atoms with van der Waals surface area (Å²) in [5, 5.41) is 10.4. The van der Waals surface area contributed by atoms with Crippen LogP contribution in [0.4, 0.5) is 0 Å². The summed E-state index contributed by atoms with van der Waals surface area (Å²) in [6, 6.07) is 2.79. The van der Waals surface area contributed by atoms with Crippen LogP contribution in [0.5, 0.6) is 0 Å². The third-order valence-corrected chi connectivity index (χ3v) is 2.59. The molecule has 66 valence electrons. The number of pyridine rings is 1. The van der Waals surface area contributed by atoms with Crippen molar-refractivity contribution in [3.8, 4) is 0 Å². The van der Waals surface area contributed by atoms with Crippen LogP contribution in [0.15, 0.2) is 22.3 Å². The highest BCUT2D eigenvalue weighted by molar-refractivity contribution is 7.17. The third-order valence-electron chi connectivity index (χ3n) is 1.66. The van der Waals surface area contributed by atoms with E-state index < -0.39 is 5.97 Å². The third kappa shape index (κ3) is 1.23. The second kappa shape index (κ2) is 2.70. The highest BCUT2D eigenvalue weighted by Crippen LogP contribution is 2.14. The van der Waals surface area contributed by atoms with Gasteiger partial charge in [0.2, 0.25) is 0 Å². The molecule has 0 spiro atoms. The molecule has 2 heterocycles. The van der Waals surface area contributed by atoms with Crippen molar-refractivity contribution in [2.75, 3.05) is 0 Å². The molecule has 0 aliphatic carbocycles. The monoisotopic (exact) mass is 195 g/mol. The maximum Gasteiger partial charge on any atom is 0.352 e. The first kappa shape index (κ1) is 8.00. The summed E-state index contributed by atoms with van der Waals surface area (Å²) in [5.41, 5.74) is 0.256. The van der Waals surface area contributed by atoms with Crippen LogP contribution in [0.3, 0.4) is 0 Å². The number of nitrogens with one attached hydrogen (secondary N) is 1. The minimum absolute atomic E-state index is 0.0732. The number of aromatic amines is 1. The molecule has 13 heavy (non-hydrogen) atoms. The van der Waals surface area contributed by atoms with Gasteiger partial charge in [0.1, 0.15) is 5.69 Å². The Labute approximate surface area is 76.5 Å². The largest absolute Gasteiger partial charge is 0.477 e. The van der Waals surface area contributed by atoms with Crippen molar-refractivity contribution in [1.82, 2.24) is 4.98 Å². The van der Waals surface area contributed by atoms with E-state index in [4.69, 9.17) is 5.11 Å². The summed E-state index contributed by atoms with van der Waals surface area (Å²) in [7, 11) is 0. The number of H-pyrrole nitrogens is 1. The number of aromatic carboxylic acids is 1. The van der Waals surface area contributed by atoms with Gasteiger partial charge in [-0.1, -0.05) is 0 Å².